The highest BCUT2D eigenvalue weighted by Crippen LogP contribution is 2.10. The molecule has 50 heavy (non-hydrogen) atoms. The van der Waals surface area contributed by atoms with Gasteiger partial charge in [-0.1, -0.05) is 36.4 Å². The van der Waals surface area contributed by atoms with E-state index in [1.54, 1.807) is 24.3 Å². The van der Waals surface area contributed by atoms with Gasteiger partial charge in [0.15, 0.2) is 0 Å². The Morgan fingerprint density at radius 3 is 1.14 bits per heavy atom. The van der Waals surface area contributed by atoms with Gasteiger partial charge in [0, 0.05) is 57.9 Å². The van der Waals surface area contributed by atoms with Crippen LogP contribution in [-0.4, -0.2) is 128 Å². The van der Waals surface area contributed by atoms with Gasteiger partial charge in [-0.25, -0.2) is 14.4 Å². The molecule has 0 unspecified atom stereocenters. The third-order valence-electron chi connectivity index (χ3n) is 7.56. The van der Waals surface area contributed by atoms with Crippen molar-refractivity contribution in [3.8, 4) is 0 Å². The number of hydrogen-bond donors (Lipinski definition) is 4. The van der Waals surface area contributed by atoms with Gasteiger partial charge in [-0.05, 0) is 47.5 Å². The summed E-state index contributed by atoms with van der Waals surface area (Å²) >= 11 is 0. The fraction of sp³-hybridized carbons (Fsp3) is 0.389. The second-order valence-electron chi connectivity index (χ2n) is 11.2. The van der Waals surface area contributed by atoms with Gasteiger partial charge in [0.1, 0.15) is 6.29 Å². The summed E-state index contributed by atoms with van der Waals surface area (Å²) in [6, 6.07) is 19.8. The average Bonchev–Trinajstić information content (AvgIpc) is 3.14. The number of nitrogens with one attached hydrogen (secondary N) is 1. The van der Waals surface area contributed by atoms with Gasteiger partial charge in [-0.3, -0.25) is 14.6 Å². The van der Waals surface area contributed by atoms with E-state index < -0.39 is 17.9 Å². The van der Waals surface area contributed by atoms with Crippen LogP contribution in [0.5, 0.6) is 0 Å². The minimum absolute atomic E-state index is 0. The van der Waals surface area contributed by atoms with E-state index >= 15 is 0 Å². The van der Waals surface area contributed by atoms with Crippen molar-refractivity contribution >= 4 is 36.6 Å². The highest BCUT2D eigenvalue weighted by molar-refractivity contribution is 5.89. The van der Waals surface area contributed by atoms with Crippen molar-refractivity contribution in [2.45, 2.75) is 13.1 Å². The summed E-state index contributed by atoms with van der Waals surface area (Å²) in [6.07, 6.45) is 0.672. The lowest BCUT2D eigenvalue weighted by atomic mass is 10.1. The monoisotopic (exact) mass is 715 g/mol. The van der Waals surface area contributed by atoms with E-state index in [2.05, 4.69) is 15.1 Å². The first-order valence-electron chi connectivity index (χ1n) is 16.1. The van der Waals surface area contributed by atoms with E-state index in [0.717, 1.165) is 103 Å². The SMILES string of the molecule is C1COCCN1.Cl.O=C(O)c1ccc(CN2CCOCC2)cc1.O=C(O)c1ccc(CN2CCOCC2)cc1.O=Cc1ccc(C(=O)O)cc1. The van der Waals surface area contributed by atoms with Crippen LogP contribution in [0.1, 0.15) is 52.6 Å². The van der Waals surface area contributed by atoms with Crippen LogP contribution in [0, 0.1) is 0 Å². The summed E-state index contributed by atoms with van der Waals surface area (Å²) in [7, 11) is 0. The highest BCUT2D eigenvalue weighted by Gasteiger charge is 2.12. The summed E-state index contributed by atoms with van der Waals surface area (Å²) in [5.74, 6) is -2.74. The molecule has 3 aliphatic heterocycles. The fourth-order valence-electron chi connectivity index (χ4n) is 4.76. The highest BCUT2D eigenvalue weighted by atomic mass is 35.5. The molecule has 14 heteroatoms. The van der Waals surface area contributed by atoms with Crippen molar-refractivity contribution in [2.75, 3.05) is 78.9 Å². The zero-order chi connectivity index (χ0) is 35.3. The first kappa shape index (κ1) is 42.0. The molecule has 3 saturated heterocycles. The normalized spacial score (nSPS) is 15.9. The molecule has 6 rings (SSSR count). The number of hydrogen-bond acceptors (Lipinski definition) is 10. The molecule has 13 nitrogen and oxygen atoms in total. The first-order valence-corrected chi connectivity index (χ1v) is 16.1. The van der Waals surface area contributed by atoms with Crippen molar-refractivity contribution < 1.29 is 48.7 Å². The maximum absolute atomic E-state index is 10.7. The lowest BCUT2D eigenvalue weighted by Gasteiger charge is -2.26. The first-order chi connectivity index (χ1) is 23.7. The van der Waals surface area contributed by atoms with Gasteiger partial charge >= 0.3 is 17.9 Å². The molecule has 0 radical (unpaired) electrons. The third-order valence-corrected chi connectivity index (χ3v) is 7.56. The van der Waals surface area contributed by atoms with Crippen LogP contribution in [0.3, 0.4) is 0 Å². The van der Waals surface area contributed by atoms with Gasteiger partial charge in [0.05, 0.1) is 56.3 Å². The summed E-state index contributed by atoms with van der Waals surface area (Å²) in [4.78, 5) is 46.4. The number of carbonyl (C=O) groups is 4. The lowest BCUT2D eigenvalue weighted by molar-refractivity contribution is 0.0341. The maximum Gasteiger partial charge on any atom is 0.335 e. The molecule has 4 N–H and O–H groups in total. The Kier molecular flexibility index (Phi) is 20.2. The van der Waals surface area contributed by atoms with Gasteiger partial charge in [-0.2, -0.15) is 0 Å². The van der Waals surface area contributed by atoms with Crippen LogP contribution in [0.4, 0.5) is 0 Å². The van der Waals surface area contributed by atoms with Crippen molar-refractivity contribution in [3.05, 3.63) is 106 Å². The van der Waals surface area contributed by atoms with Crippen LogP contribution < -0.4 is 5.32 Å². The molecule has 0 amide bonds. The Bertz CT molecular complexity index is 1340. The summed E-state index contributed by atoms with van der Waals surface area (Å²) in [5, 5.41) is 29.2. The zero-order valence-electron chi connectivity index (χ0n) is 27.9. The lowest BCUT2D eigenvalue weighted by Crippen LogP contribution is -2.35. The molecule has 0 atom stereocenters. The number of ether oxygens (including phenoxy) is 3. The maximum atomic E-state index is 10.7. The molecule has 0 aromatic heterocycles. The number of aldehydes is 1. The van der Waals surface area contributed by atoms with Gasteiger partial charge in [0.25, 0.3) is 0 Å². The molecule has 0 bridgehead atoms. The molecule has 0 saturated carbocycles. The predicted molar refractivity (Wildman–Crippen MR) is 189 cm³/mol. The number of aromatic carboxylic acids is 3. The van der Waals surface area contributed by atoms with Crippen LogP contribution in [-0.2, 0) is 27.3 Å². The Labute approximate surface area is 298 Å². The molecule has 0 spiro atoms. The van der Waals surface area contributed by atoms with E-state index in [9.17, 15) is 19.2 Å². The van der Waals surface area contributed by atoms with Crippen molar-refractivity contribution in [3.63, 3.8) is 0 Å². The van der Waals surface area contributed by atoms with Gasteiger partial charge < -0.3 is 34.8 Å². The molecule has 0 aliphatic carbocycles. The van der Waals surface area contributed by atoms with E-state index in [1.165, 1.54) is 24.3 Å². The van der Waals surface area contributed by atoms with E-state index in [0.29, 0.717) is 23.0 Å². The molecular formula is C36H46ClN3O10. The molecule has 3 aliphatic rings. The minimum Gasteiger partial charge on any atom is -0.478 e. The molecular weight excluding hydrogens is 670 g/mol. The largest absolute Gasteiger partial charge is 0.478 e. The Morgan fingerprint density at radius 1 is 0.560 bits per heavy atom. The van der Waals surface area contributed by atoms with E-state index in [1.807, 2.05) is 24.3 Å². The second kappa shape index (κ2) is 24.0. The Morgan fingerprint density at radius 2 is 0.880 bits per heavy atom. The molecule has 3 heterocycles. The number of morpholine rings is 3. The predicted octanol–water partition coefficient (Wildman–Crippen LogP) is 3.66. The molecule has 3 aromatic rings. The second-order valence-corrected chi connectivity index (χ2v) is 11.2. The quantitative estimate of drug-likeness (QED) is 0.249. The number of benzene rings is 3. The van der Waals surface area contributed by atoms with Crippen molar-refractivity contribution in [1.29, 1.82) is 0 Å². The van der Waals surface area contributed by atoms with Crippen molar-refractivity contribution in [1.82, 2.24) is 15.1 Å². The van der Waals surface area contributed by atoms with Crippen LogP contribution >= 0.6 is 12.4 Å². The summed E-state index contributed by atoms with van der Waals surface area (Å²) in [5.41, 5.74) is 3.64. The van der Waals surface area contributed by atoms with E-state index in [4.69, 9.17) is 29.5 Å². The smallest absolute Gasteiger partial charge is 0.335 e. The summed E-state index contributed by atoms with van der Waals surface area (Å²) < 4.78 is 15.5. The number of carboxylic acids is 3. The van der Waals surface area contributed by atoms with E-state index in [-0.39, 0.29) is 18.0 Å². The zero-order valence-corrected chi connectivity index (χ0v) is 28.7. The molecule has 3 aromatic carbocycles. The van der Waals surface area contributed by atoms with Gasteiger partial charge in [-0.15, -0.1) is 12.4 Å². The number of nitrogens with zero attached hydrogens (tertiary/aromatic N) is 2. The average molecular weight is 716 g/mol. The Hall–Kier alpha value is -4.21. The van der Waals surface area contributed by atoms with Crippen LogP contribution in [0.15, 0.2) is 72.8 Å². The minimum atomic E-state index is -0.984. The summed E-state index contributed by atoms with van der Waals surface area (Å²) in [6.45, 7) is 12.5. The number of halogens is 1. The number of carbonyl (C=O) groups excluding carboxylic acids is 1. The number of carboxylic acid groups (broad SMARTS) is 3. The van der Waals surface area contributed by atoms with Crippen LogP contribution in [0.2, 0.25) is 0 Å². The van der Waals surface area contributed by atoms with Gasteiger partial charge in [0.2, 0.25) is 0 Å². The molecule has 272 valence electrons. The number of rotatable bonds is 8. The van der Waals surface area contributed by atoms with Crippen molar-refractivity contribution in [2.24, 2.45) is 0 Å². The topological polar surface area (TPSA) is 175 Å². The standard InChI is InChI=1S/2C12H15NO3.C8H6O3.C4H9NO.ClH/c2*14-12(15)11-3-1-10(2-4-11)9-13-5-7-16-8-6-13;9-5-6-1-3-7(4-2-6)8(10)11;1-3-6-4-2-5-1;/h2*1-4H,5-9H2,(H,14,15);1-5H,(H,10,11);5H,1-4H2;1H. The molecule has 3 fully saturated rings. The fourth-order valence-corrected chi connectivity index (χ4v) is 4.76. The third kappa shape index (κ3) is 16.5. The van der Waals surface area contributed by atoms with Crippen LogP contribution in [0.25, 0.3) is 0 Å². The Balaban J connectivity index is 0.000000241.